The molecule has 1 aromatic heterocycles. The number of carboxylic acid groups (broad SMARTS) is 1. The van der Waals surface area contributed by atoms with E-state index in [2.05, 4.69) is 26.0 Å². The Morgan fingerprint density at radius 1 is 1.09 bits per heavy atom. The van der Waals surface area contributed by atoms with Crippen LogP contribution in [0.5, 0.6) is 5.75 Å². The van der Waals surface area contributed by atoms with Crippen LogP contribution in [0.4, 0.5) is 0 Å². The number of ether oxygens (including phenoxy) is 1. The first-order valence-electron chi connectivity index (χ1n) is 11.5. The minimum atomic E-state index is -0.983. The lowest BCUT2D eigenvalue weighted by atomic mass is 9.92. The molecule has 2 atom stereocenters. The molecule has 0 spiro atoms. The second kappa shape index (κ2) is 8.63. The zero-order valence-corrected chi connectivity index (χ0v) is 19.2. The number of hydrogen-bond donors (Lipinski definition) is 3. The molecular formula is C28H28N2O4. The van der Waals surface area contributed by atoms with Crippen LogP contribution in [-0.4, -0.2) is 27.4 Å². The van der Waals surface area contributed by atoms with Gasteiger partial charge in [0.2, 0.25) is 0 Å². The Kier molecular flexibility index (Phi) is 5.63. The van der Waals surface area contributed by atoms with Gasteiger partial charge in [-0.25, -0.2) is 4.79 Å². The highest BCUT2D eigenvalue weighted by molar-refractivity contribution is 6.02. The van der Waals surface area contributed by atoms with Gasteiger partial charge >= 0.3 is 5.97 Å². The summed E-state index contributed by atoms with van der Waals surface area (Å²) >= 11 is 0. The molecule has 0 unspecified atom stereocenters. The fourth-order valence-electron chi connectivity index (χ4n) is 4.67. The van der Waals surface area contributed by atoms with Gasteiger partial charge in [-0.05, 0) is 58.5 Å². The molecule has 0 aliphatic carbocycles. The topological polar surface area (TPSA) is 97.7 Å². The summed E-state index contributed by atoms with van der Waals surface area (Å²) in [6.07, 6.45) is 1.02. The highest BCUT2D eigenvalue weighted by Gasteiger charge is 2.22. The summed E-state index contributed by atoms with van der Waals surface area (Å²) in [5, 5.41) is 21.7. The fourth-order valence-corrected chi connectivity index (χ4v) is 4.67. The van der Waals surface area contributed by atoms with Crippen LogP contribution in [-0.2, 0) is 6.54 Å². The Balaban J connectivity index is 1.53. The van der Waals surface area contributed by atoms with Crippen LogP contribution in [0.3, 0.4) is 0 Å². The average Bonchev–Trinajstić information content (AvgIpc) is 3.41. The molecule has 6 nitrogen and oxygen atoms in total. The van der Waals surface area contributed by atoms with Crippen LogP contribution in [0.15, 0.2) is 66.9 Å². The van der Waals surface area contributed by atoms with Crippen LogP contribution in [0.2, 0.25) is 0 Å². The maximum atomic E-state index is 11.8. The number of aromatic carboxylic acids is 1. The Morgan fingerprint density at radius 3 is 2.65 bits per heavy atom. The van der Waals surface area contributed by atoms with Crippen LogP contribution in [0, 0.1) is 0 Å². The van der Waals surface area contributed by atoms with Gasteiger partial charge < -0.3 is 25.3 Å². The van der Waals surface area contributed by atoms with E-state index in [0.717, 1.165) is 39.0 Å². The van der Waals surface area contributed by atoms with Crippen molar-refractivity contribution in [2.24, 2.45) is 5.73 Å². The molecule has 5 rings (SSSR count). The van der Waals surface area contributed by atoms with Crippen molar-refractivity contribution in [3.05, 3.63) is 89.1 Å². The number of rotatable bonds is 6. The number of aliphatic hydroxyl groups excluding tert-OH is 1. The van der Waals surface area contributed by atoms with E-state index in [1.165, 1.54) is 0 Å². The van der Waals surface area contributed by atoms with Gasteiger partial charge in [0.25, 0.3) is 0 Å². The molecule has 0 radical (unpaired) electrons. The lowest BCUT2D eigenvalue weighted by Gasteiger charge is -2.18. The third-order valence-corrected chi connectivity index (χ3v) is 6.58. The van der Waals surface area contributed by atoms with E-state index < -0.39 is 12.1 Å². The van der Waals surface area contributed by atoms with E-state index in [4.69, 9.17) is 10.5 Å². The predicted octanol–water partition coefficient (Wildman–Crippen LogP) is 5.26. The van der Waals surface area contributed by atoms with Crippen molar-refractivity contribution in [1.29, 1.82) is 0 Å². The highest BCUT2D eigenvalue weighted by Crippen LogP contribution is 2.36. The van der Waals surface area contributed by atoms with Gasteiger partial charge in [-0.1, -0.05) is 44.2 Å². The van der Waals surface area contributed by atoms with E-state index >= 15 is 0 Å². The molecule has 6 heteroatoms. The molecule has 0 bridgehead atoms. The third kappa shape index (κ3) is 3.95. The Morgan fingerprint density at radius 2 is 1.88 bits per heavy atom. The Bertz CT molecular complexity index is 1390. The molecule has 0 saturated heterocycles. The number of hydrogen-bond acceptors (Lipinski definition) is 4. The largest absolute Gasteiger partial charge is 0.491 e. The molecule has 1 aliphatic heterocycles. The SMILES string of the molecule is CC(C)c1cc(-c2ccc3c(c2)[C@H](N)CO3)cc([C@H](O)Cn2ccc3cccc(C(=O)O)c32)c1. The van der Waals surface area contributed by atoms with E-state index in [0.29, 0.717) is 12.1 Å². The number of benzene rings is 3. The number of nitrogens with two attached hydrogens (primary N) is 1. The van der Waals surface area contributed by atoms with Crippen LogP contribution in [0.25, 0.3) is 22.0 Å². The van der Waals surface area contributed by atoms with Gasteiger partial charge in [0.15, 0.2) is 0 Å². The minimum absolute atomic E-state index is 0.140. The van der Waals surface area contributed by atoms with E-state index in [-0.39, 0.29) is 24.1 Å². The van der Waals surface area contributed by atoms with Crippen LogP contribution >= 0.6 is 0 Å². The standard InChI is InChI=1S/C28H28N2O4/c1-16(2)19-10-20(18-6-7-26-23(13-18)24(29)15-34-26)12-21(11-19)25(31)14-30-9-8-17-4-3-5-22(27(17)30)28(32)33/h3-13,16,24-25,31H,14-15,29H2,1-2H3,(H,32,33)/t24-,25-/m1/s1. The monoisotopic (exact) mass is 456 g/mol. The Hall–Kier alpha value is -3.61. The summed E-state index contributed by atoms with van der Waals surface area (Å²) in [5.41, 5.74) is 12.0. The van der Waals surface area contributed by atoms with Crippen molar-refractivity contribution in [2.45, 2.75) is 38.5 Å². The molecule has 3 aromatic carbocycles. The first-order valence-corrected chi connectivity index (χ1v) is 11.5. The average molecular weight is 457 g/mol. The number of para-hydroxylation sites is 1. The molecule has 174 valence electrons. The van der Waals surface area contributed by atoms with Crippen molar-refractivity contribution >= 4 is 16.9 Å². The van der Waals surface area contributed by atoms with E-state index in [1.54, 1.807) is 12.1 Å². The molecule has 0 amide bonds. The maximum absolute atomic E-state index is 11.8. The van der Waals surface area contributed by atoms with E-state index in [1.807, 2.05) is 47.2 Å². The Labute approximate surface area is 198 Å². The number of fused-ring (bicyclic) bond motifs is 2. The number of carbonyl (C=O) groups is 1. The number of nitrogens with zero attached hydrogens (tertiary/aromatic N) is 1. The zero-order valence-electron chi connectivity index (χ0n) is 19.2. The highest BCUT2D eigenvalue weighted by atomic mass is 16.5. The van der Waals surface area contributed by atoms with Gasteiger partial charge in [-0.15, -0.1) is 0 Å². The molecule has 4 aromatic rings. The number of aromatic nitrogens is 1. The lowest BCUT2D eigenvalue weighted by Crippen LogP contribution is -2.11. The minimum Gasteiger partial charge on any atom is -0.491 e. The predicted molar refractivity (Wildman–Crippen MR) is 132 cm³/mol. The smallest absolute Gasteiger partial charge is 0.337 e. The van der Waals surface area contributed by atoms with Crippen molar-refractivity contribution < 1.29 is 19.7 Å². The molecule has 0 fully saturated rings. The first kappa shape index (κ1) is 22.2. The normalized spacial score (nSPS) is 16.0. The van der Waals surface area contributed by atoms with Crippen molar-refractivity contribution in [3.63, 3.8) is 0 Å². The quantitative estimate of drug-likeness (QED) is 0.368. The maximum Gasteiger partial charge on any atom is 0.337 e. The lowest BCUT2D eigenvalue weighted by molar-refractivity contribution is 0.0698. The van der Waals surface area contributed by atoms with Crippen LogP contribution in [0.1, 0.15) is 59.0 Å². The number of aliphatic hydroxyl groups is 1. The van der Waals surface area contributed by atoms with E-state index in [9.17, 15) is 15.0 Å². The molecule has 34 heavy (non-hydrogen) atoms. The van der Waals surface area contributed by atoms with Crippen molar-refractivity contribution in [3.8, 4) is 16.9 Å². The van der Waals surface area contributed by atoms with Crippen LogP contribution < -0.4 is 10.5 Å². The molecule has 2 heterocycles. The summed E-state index contributed by atoms with van der Waals surface area (Å²) in [4.78, 5) is 11.8. The molecule has 1 aliphatic rings. The third-order valence-electron chi connectivity index (χ3n) is 6.58. The summed E-state index contributed by atoms with van der Waals surface area (Å²) in [6, 6.07) is 19.2. The second-order valence-corrected chi connectivity index (χ2v) is 9.25. The molecule has 0 saturated carbocycles. The molecule has 4 N–H and O–H groups in total. The van der Waals surface area contributed by atoms with Crippen molar-refractivity contribution in [2.75, 3.05) is 6.61 Å². The molecular weight excluding hydrogens is 428 g/mol. The van der Waals surface area contributed by atoms with Gasteiger partial charge in [0.1, 0.15) is 12.4 Å². The van der Waals surface area contributed by atoms with Gasteiger partial charge in [0, 0.05) is 17.1 Å². The zero-order chi connectivity index (χ0) is 24.0. The fraction of sp³-hybridized carbons (Fsp3) is 0.250. The summed E-state index contributed by atoms with van der Waals surface area (Å²) in [5.74, 6) is 0.116. The second-order valence-electron chi connectivity index (χ2n) is 9.25. The van der Waals surface area contributed by atoms with Crippen molar-refractivity contribution in [1.82, 2.24) is 4.57 Å². The first-order chi connectivity index (χ1) is 16.3. The van der Waals surface area contributed by atoms with Gasteiger partial charge in [-0.2, -0.15) is 0 Å². The van der Waals surface area contributed by atoms with Gasteiger partial charge in [-0.3, -0.25) is 0 Å². The van der Waals surface area contributed by atoms with Gasteiger partial charge in [0.05, 0.1) is 29.8 Å². The summed E-state index contributed by atoms with van der Waals surface area (Å²) < 4.78 is 7.45. The number of carboxylic acids is 1. The summed E-state index contributed by atoms with van der Waals surface area (Å²) in [6.45, 7) is 4.98. The summed E-state index contributed by atoms with van der Waals surface area (Å²) in [7, 11) is 0.